The number of anilines is 3. The fourth-order valence-corrected chi connectivity index (χ4v) is 3.61. The lowest BCUT2D eigenvalue weighted by Gasteiger charge is -2.35. The zero-order valence-corrected chi connectivity index (χ0v) is 16.9. The van der Waals surface area contributed by atoms with Crippen molar-refractivity contribution < 1.29 is 4.92 Å². The van der Waals surface area contributed by atoms with Crippen LogP contribution in [0, 0.1) is 10.1 Å². The largest absolute Gasteiger partial charge is 0.360 e. The lowest BCUT2D eigenvalue weighted by atomic mass is 10.2. The van der Waals surface area contributed by atoms with Crippen molar-refractivity contribution in [1.29, 1.82) is 0 Å². The number of hydrogen-bond acceptors (Lipinski definition) is 8. The van der Waals surface area contributed by atoms with Gasteiger partial charge in [0.1, 0.15) is 12.1 Å². The third kappa shape index (κ3) is 4.25. The molecular formula is C20H20ClN7O2. The van der Waals surface area contributed by atoms with E-state index in [0.29, 0.717) is 43.6 Å². The second-order valence-electron chi connectivity index (χ2n) is 6.76. The molecule has 0 unspecified atom stereocenters. The van der Waals surface area contributed by atoms with Crippen molar-refractivity contribution >= 4 is 34.7 Å². The van der Waals surface area contributed by atoms with Gasteiger partial charge in [-0.25, -0.2) is 15.0 Å². The van der Waals surface area contributed by atoms with Crippen LogP contribution in [0.25, 0.3) is 0 Å². The maximum absolute atomic E-state index is 11.9. The molecule has 1 aliphatic heterocycles. The van der Waals surface area contributed by atoms with Gasteiger partial charge in [-0.1, -0.05) is 35.9 Å². The maximum Gasteiger partial charge on any atom is 0.353 e. The van der Waals surface area contributed by atoms with Crippen LogP contribution in [0.3, 0.4) is 0 Å². The summed E-state index contributed by atoms with van der Waals surface area (Å²) in [6.45, 7) is 2.91. The number of benzene rings is 1. The number of nitro groups is 1. The predicted octanol–water partition coefficient (Wildman–Crippen LogP) is 3.37. The molecule has 2 aromatic heterocycles. The van der Waals surface area contributed by atoms with Gasteiger partial charge in [0.2, 0.25) is 11.6 Å². The number of pyridine rings is 1. The first-order chi connectivity index (χ1) is 14.6. The lowest BCUT2D eigenvalue weighted by Crippen LogP contribution is -2.47. The van der Waals surface area contributed by atoms with Crippen LogP contribution in [-0.2, 0) is 6.54 Å². The minimum Gasteiger partial charge on any atom is -0.360 e. The molecule has 1 aliphatic rings. The number of halogens is 1. The van der Waals surface area contributed by atoms with Crippen LogP contribution < -0.4 is 15.1 Å². The van der Waals surface area contributed by atoms with Crippen LogP contribution in [0.5, 0.6) is 0 Å². The van der Waals surface area contributed by atoms with E-state index in [1.165, 1.54) is 6.33 Å². The monoisotopic (exact) mass is 425 g/mol. The normalized spacial score (nSPS) is 13.9. The molecule has 1 aromatic carbocycles. The van der Waals surface area contributed by atoms with Gasteiger partial charge in [0.15, 0.2) is 0 Å². The molecule has 3 heterocycles. The number of piperazine rings is 1. The first-order valence-electron chi connectivity index (χ1n) is 9.51. The highest BCUT2D eigenvalue weighted by atomic mass is 35.5. The van der Waals surface area contributed by atoms with Gasteiger partial charge in [0.05, 0.1) is 4.92 Å². The Hall–Kier alpha value is -3.46. The summed E-state index contributed by atoms with van der Waals surface area (Å²) >= 11 is 6.19. The minimum absolute atomic E-state index is 0.129. The Labute approximate surface area is 178 Å². The number of nitrogens with one attached hydrogen (secondary N) is 1. The van der Waals surface area contributed by atoms with Gasteiger partial charge in [0, 0.05) is 43.9 Å². The summed E-state index contributed by atoms with van der Waals surface area (Å²) in [5.74, 6) is 1.39. The molecule has 1 N–H and O–H groups in total. The number of nitrogens with zero attached hydrogens (tertiary/aromatic N) is 6. The Bertz CT molecular complexity index is 1030. The summed E-state index contributed by atoms with van der Waals surface area (Å²) in [6.07, 6.45) is 3.11. The predicted molar refractivity (Wildman–Crippen MR) is 116 cm³/mol. The Kier molecular flexibility index (Phi) is 5.89. The number of aromatic nitrogens is 3. The van der Waals surface area contributed by atoms with Gasteiger partial charge in [-0.2, -0.15) is 0 Å². The molecule has 1 fully saturated rings. The molecule has 0 radical (unpaired) electrons. The second kappa shape index (κ2) is 8.91. The van der Waals surface area contributed by atoms with Gasteiger partial charge >= 0.3 is 5.69 Å². The summed E-state index contributed by atoms with van der Waals surface area (Å²) in [6, 6.07) is 13.1. The average Bonchev–Trinajstić information content (AvgIpc) is 2.79. The molecule has 9 nitrogen and oxygen atoms in total. The molecule has 10 heteroatoms. The standard InChI is InChI=1S/C20H20ClN7O2/c21-16-6-2-1-5-15(16)13-23-19-18(28(29)30)20(25-14-24-19)27-11-9-26(10-12-27)17-7-3-4-8-22-17/h1-8,14H,9-13H2,(H,23,24,25). The number of hydrogen-bond donors (Lipinski definition) is 1. The Morgan fingerprint density at radius 3 is 2.43 bits per heavy atom. The fraction of sp³-hybridized carbons (Fsp3) is 0.250. The Morgan fingerprint density at radius 2 is 1.73 bits per heavy atom. The molecule has 0 atom stereocenters. The fourth-order valence-electron chi connectivity index (χ4n) is 3.41. The molecule has 30 heavy (non-hydrogen) atoms. The molecule has 1 saturated heterocycles. The van der Waals surface area contributed by atoms with Crippen LogP contribution in [0.2, 0.25) is 5.02 Å². The molecule has 0 spiro atoms. The first kappa shape index (κ1) is 19.8. The van der Waals surface area contributed by atoms with Crippen LogP contribution >= 0.6 is 11.6 Å². The second-order valence-corrected chi connectivity index (χ2v) is 7.17. The zero-order chi connectivity index (χ0) is 20.9. The molecule has 3 aromatic rings. The van der Waals surface area contributed by atoms with Crippen molar-refractivity contribution in [2.45, 2.75) is 6.54 Å². The van der Waals surface area contributed by atoms with E-state index in [1.54, 1.807) is 12.3 Å². The van der Waals surface area contributed by atoms with E-state index < -0.39 is 4.92 Å². The van der Waals surface area contributed by atoms with Crippen molar-refractivity contribution in [3.05, 3.63) is 75.7 Å². The van der Waals surface area contributed by atoms with E-state index in [4.69, 9.17) is 11.6 Å². The average molecular weight is 426 g/mol. The van der Waals surface area contributed by atoms with Gasteiger partial charge < -0.3 is 15.1 Å². The van der Waals surface area contributed by atoms with Crippen LogP contribution in [-0.4, -0.2) is 46.1 Å². The van der Waals surface area contributed by atoms with Crippen molar-refractivity contribution in [1.82, 2.24) is 15.0 Å². The molecule has 0 amide bonds. The smallest absolute Gasteiger partial charge is 0.353 e. The van der Waals surface area contributed by atoms with E-state index in [1.807, 2.05) is 41.3 Å². The van der Waals surface area contributed by atoms with E-state index in [-0.39, 0.29) is 11.5 Å². The summed E-state index contributed by atoms with van der Waals surface area (Å²) in [7, 11) is 0. The lowest BCUT2D eigenvalue weighted by molar-refractivity contribution is -0.383. The van der Waals surface area contributed by atoms with Crippen LogP contribution in [0.15, 0.2) is 55.0 Å². The van der Waals surface area contributed by atoms with Gasteiger partial charge in [0.25, 0.3) is 0 Å². The van der Waals surface area contributed by atoms with E-state index in [0.717, 1.165) is 11.4 Å². The Balaban J connectivity index is 1.52. The highest BCUT2D eigenvalue weighted by molar-refractivity contribution is 6.31. The summed E-state index contributed by atoms with van der Waals surface area (Å²) in [4.78, 5) is 28.2. The molecular weight excluding hydrogens is 406 g/mol. The van der Waals surface area contributed by atoms with E-state index in [2.05, 4.69) is 25.2 Å². The van der Waals surface area contributed by atoms with Gasteiger partial charge in [-0.15, -0.1) is 0 Å². The van der Waals surface area contributed by atoms with Crippen molar-refractivity contribution in [3.8, 4) is 0 Å². The molecule has 0 aliphatic carbocycles. The van der Waals surface area contributed by atoms with E-state index in [9.17, 15) is 10.1 Å². The van der Waals surface area contributed by atoms with Crippen molar-refractivity contribution in [2.24, 2.45) is 0 Å². The quantitative estimate of drug-likeness (QED) is 0.474. The first-order valence-corrected chi connectivity index (χ1v) is 9.89. The number of rotatable bonds is 6. The van der Waals surface area contributed by atoms with Crippen molar-refractivity contribution in [2.75, 3.05) is 41.3 Å². The summed E-state index contributed by atoms with van der Waals surface area (Å²) in [5, 5.41) is 15.5. The molecule has 0 bridgehead atoms. The zero-order valence-electron chi connectivity index (χ0n) is 16.1. The summed E-state index contributed by atoms with van der Waals surface area (Å²) in [5.41, 5.74) is 0.702. The third-order valence-electron chi connectivity index (χ3n) is 4.94. The van der Waals surface area contributed by atoms with Gasteiger partial charge in [-0.3, -0.25) is 10.1 Å². The highest BCUT2D eigenvalue weighted by Gasteiger charge is 2.29. The van der Waals surface area contributed by atoms with E-state index >= 15 is 0 Å². The van der Waals surface area contributed by atoms with Crippen LogP contribution in [0.4, 0.5) is 23.1 Å². The minimum atomic E-state index is -0.435. The Morgan fingerprint density at radius 1 is 1.00 bits per heavy atom. The molecule has 4 rings (SSSR count). The molecule has 0 saturated carbocycles. The topological polar surface area (TPSA) is 100 Å². The third-order valence-corrected chi connectivity index (χ3v) is 5.31. The van der Waals surface area contributed by atoms with Gasteiger partial charge in [-0.05, 0) is 23.8 Å². The highest BCUT2D eigenvalue weighted by Crippen LogP contribution is 2.33. The SMILES string of the molecule is O=[N+]([O-])c1c(NCc2ccccc2Cl)ncnc1N1CCN(c2ccccn2)CC1. The molecule has 154 valence electrons. The van der Waals surface area contributed by atoms with Crippen molar-refractivity contribution in [3.63, 3.8) is 0 Å². The summed E-state index contributed by atoms with van der Waals surface area (Å²) < 4.78 is 0. The maximum atomic E-state index is 11.9. The van der Waals surface area contributed by atoms with Crippen LogP contribution in [0.1, 0.15) is 5.56 Å².